The van der Waals surface area contributed by atoms with Gasteiger partial charge in [0.2, 0.25) is 0 Å². The van der Waals surface area contributed by atoms with Gasteiger partial charge in [0.25, 0.3) is 0 Å². The van der Waals surface area contributed by atoms with Crippen LogP contribution in [0.15, 0.2) is 22.7 Å². The van der Waals surface area contributed by atoms with E-state index in [0.29, 0.717) is 6.54 Å². The summed E-state index contributed by atoms with van der Waals surface area (Å²) in [6, 6.07) is 5.72. The van der Waals surface area contributed by atoms with Gasteiger partial charge < -0.3 is 15.2 Å². The summed E-state index contributed by atoms with van der Waals surface area (Å²) in [4.78, 5) is 0. The standard InChI is InChI=1S/C11H16BrNO2/c1-11(2,14)7-13-8-4-5-9(12)10(6-8)15-3/h4-6,13-14H,7H2,1-3H3. The fourth-order valence-electron chi connectivity index (χ4n) is 1.09. The molecule has 2 N–H and O–H groups in total. The lowest BCUT2D eigenvalue weighted by Gasteiger charge is -2.19. The van der Waals surface area contributed by atoms with Crippen molar-refractivity contribution >= 4 is 21.6 Å². The van der Waals surface area contributed by atoms with Crippen LogP contribution in [0, 0.1) is 0 Å². The van der Waals surface area contributed by atoms with Crippen molar-refractivity contribution in [2.24, 2.45) is 0 Å². The number of methoxy groups -OCH3 is 1. The lowest BCUT2D eigenvalue weighted by Crippen LogP contribution is -2.29. The first-order valence-corrected chi connectivity index (χ1v) is 5.51. The summed E-state index contributed by atoms with van der Waals surface area (Å²) in [7, 11) is 1.62. The Morgan fingerprint density at radius 2 is 2.13 bits per heavy atom. The lowest BCUT2D eigenvalue weighted by molar-refractivity contribution is 0.0945. The van der Waals surface area contributed by atoms with Gasteiger partial charge in [-0.15, -0.1) is 0 Å². The average Bonchev–Trinajstić information content (AvgIpc) is 2.15. The highest BCUT2D eigenvalue weighted by atomic mass is 79.9. The van der Waals surface area contributed by atoms with Gasteiger partial charge >= 0.3 is 0 Å². The second-order valence-electron chi connectivity index (χ2n) is 4.02. The molecule has 0 radical (unpaired) electrons. The second kappa shape index (κ2) is 4.86. The Morgan fingerprint density at radius 1 is 1.47 bits per heavy atom. The van der Waals surface area contributed by atoms with Crippen LogP contribution in [0.5, 0.6) is 5.75 Å². The van der Waals surface area contributed by atoms with Gasteiger partial charge in [0.05, 0.1) is 17.2 Å². The van der Waals surface area contributed by atoms with E-state index in [1.807, 2.05) is 18.2 Å². The summed E-state index contributed by atoms with van der Waals surface area (Å²) in [6.45, 7) is 4.02. The molecule has 0 spiro atoms. The Balaban J connectivity index is 2.70. The molecule has 4 heteroatoms. The van der Waals surface area contributed by atoms with Crippen molar-refractivity contribution in [2.75, 3.05) is 19.0 Å². The van der Waals surface area contributed by atoms with Crippen LogP contribution < -0.4 is 10.1 Å². The molecule has 0 unspecified atom stereocenters. The highest BCUT2D eigenvalue weighted by Crippen LogP contribution is 2.27. The number of anilines is 1. The minimum atomic E-state index is -0.722. The molecule has 0 aliphatic carbocycles. The molecule has 84 valence electrons. The van der Waals surface area contributed by atoms with Crippen molar-refractivity contribution < 1.29 is 9.84 Å². The SMILES string of the molecule is COc1cc(NCC(C)(C)O)ccc1Br. The van der Waals surface area contributed by atoms with Crippen molar-refractivity contribution in [3.63, 3.8) is 0 Å². The number of nitrogens with one attached hydrogen (secondary N) is 1. The Bertz CT molecular complexity index is 334. The molecule has 15 heavy (non-hydrogen) atoms. The maximum atomic E-state index is 9.56. The molecular formula is C11H16BrNO2. The Morgan fingerprint density at radius 3 is 2.67 bits per heavy atom. The minimum absolute atomic E-state index is 0.498. The highest BCUT2D eigenvalue weighted by molar-refractivity contribution is 9.10. The average molecular weight is 274 g/mol. The molecule has 0 amide bonds. The molecule has 1 aromatic rings. The summed E-state index contributed by atoms with van der Waals surface area (Å²) in [5.41, 5.74) is 0.206. The maximum absolute atomic E-state index is 9.56. The fraction of sp³-hybridized carbons (Fsp3) is 0.455. The zero-order valence-corrected chi connectivity index (χ0v) is 10.8. The molecule has 0 fully saturated rings. The predicted molar refractivity (Wildman–Crippen MR) is 65.5 cm³/mol. The second-order valence-corrected chi connectivity index (χ2v) is 4.87. The van der Waals surface area contributed by atoms with Crippen molar-refractivity contribution in [2.45, 2.75) is 19.4 Å². The first kappa shape index (κ1) is 12.3. The van der Waals surface area contributed by atoms with Crippen LogP contribution in [0.2, 0.25) is 0 Å². The summed E-state index contributed by atoms with van der Waals surface area (Å²) >= 11 is 3.38. The summed E-state index contributed by atoms with van der Waals surface area (Å²) < 4.78 is 6.08. The molecule has 0 aliphatic heterocycles. The van der Waals surface area contributed by atoms with Gasteiger partial charge in [-0.25, -0.2) is 0 Å². The minimum Gasteiger partial charge on any atom is -0.495 e. The third-order valence-corrected chi connectivity index (χ3v) is 2.53. The Kier molecular flexibility index (Phi) is 3.99. The Hall–Kier alpha value is -0.740. The van der Waals surface area contributed by atoms with E-state index in [-0.39, 0.29) is 0 Å². The number of halogens is 1. The van der Waals surface area contributed by atoms with Crippen LogP contribution in [0.1, 0.15) is 13.8 Å². The molecule has 0 aliphatic rings. The van der Waals surface area contributed by atoms with E-state index >= 15 is 0 Å². The summed E-state index contributed by atoms with van der Waals surface area (Å²) in [5, 5.41) is 12.7. The van der Waals surface area contributed by atoms with E-state index < -0.39 is 5.60 Å². The van der Waals surface area contributed by atoms with Gasteiger partial charge in [-0.3, -0.25) is 0 Å². The van der Waals surface area contributed by atoms with E-state index in [0.717, 1.165) is 15.9 Å². The first-order chi connectivity index (χ1) is 6.92. The van der Waals surface area contributed by atoms with Gasteiger partial charge in [0.15, 0.2) is 0 Å². The first-order valence-electron chi connectivity index (χ1n) is 4.72. The van der Waals surface area contributed by atoms with E-state index in [9.17, 15) is 5.11 Å². The summed E-state index contributed by atoms with van der Waals surface area (Å²) in [6.07, 6.45) is 0. The molecule has 0 bridgehead atoms. The van der Waals surface area contributed by atoms with Crippen LogP contribution in [0.25, 0.3) is 0 Å². The van der Waals surface area contributed by atoms with Crippen molar-refractivity contribution in [1.82, 2.24) is 0 Å². The van der Waals surface area contributed by atoms with Crippen LogP contribution in [0.3, 0.4) is 0 Å². The van der Waals surface area contributed by atoms with E-state index in [1.165, 1.54) is 0 Å². The highest BCUT2D eigenvalue weighted by Gasteiger charge is 2.11. The smallest absolute Gasteiger partial charge is 0.135 e. The Labute approximate surface area is 98.6 Å². The van der Waals surface area contributed by atoms with Gasteiger partial charge in [-0.2, -0.15) is 0 Å². The molecular weight excluding hydrogens is 258 g/mol. The van der Waals surface area contributed by atoms with Gasteiger partial charge in [0, 0.05) is 18.3 Å². The largest absolute Gasteiger partial charge is 0.495 e. The number of aliphatic hydroxyl groups is 1. The van der Waals surface area contributed by atoms with E-state index in [1.54, 1.807) is 21.0 Å². The molecule has 0 saturated heterocycles. The maximum Gasteiger partial charge on any atom is 0.135 e. The van der Waals surface area contributed by atoms with Gasteiger partial charge in [0.1, 0.15) is 5.75 Å². The normalized spacial score (nSPS) is 11.3. The fourth-order valence-corrected chi connectivity index (χ4v) is 1.50. The number of benzene rings is 1. The number of hydrogen-bond donors (Lipinski definition) is 2. The van der Waals surface area contributed by atoms with E-state index in [2.05, 4.69) is 21.2 Å². The third-order valence-electron chi connectivity index (χ3n) is 1.88. The molecule has 0 saturated carbocycles. The zero-order valence-electron chi connectivity index (χ0n) is 9.17. The van der Waals surface area contributed by atoms with Crippen LogP contribution in [-0.2, 0) is 0 Å². The van der Waals surface area contributed by atoms with Crippen LogP contribution >= 0.6 is 15.9 Å². The third kappa shape index (κ3) is 4.10. The number of rotatable bonds is 4. The monoisotopic (exact) mass is 273 g/mol. The van der Waals surface area contributed by atoms with Crippen molar-refractivity contribution in [1.29, 1.82) is 0 Å². The molecule has 0 aromatic heterocycles. The topological polar surface area (TPSA) is 41.5 Å². The molecule has 0 atom stereocenters. The van der Waals surface area contributed by atoms with Crippen LogP contribution in [0.4, 0.5) is 5.69 Å². The molecule has 1 rings (SSSR count). The predicted octanol–water partition coefficient (Wildman–Crippen LogP) is 2.64. The van der Waals surface area contributed by atoms with E-state index in [4.69, 9.17) is 4.74 Å². The van der Waals surface area contributed by atoms with Crippen molar-refractivity contribution in [3.8, 4) is 5.75 Å². The summed E-state index contributed by atoms with van der Waals surface area (Å²) in [5.74, 6) is 0.774. The number of hydrogen-bond acceptors (Lipinski definition) is 3. The number of ether oxygens (including phenoxy) is 1. The molecule has 1 aromatic carbocycles. The quantitative estimate of drug-likeness (QED) is 0.886. The lowest BCUT2D eigenvalue weighted by atomic mass is 10.1. The zero-order chi connectivity index (χ0) is 11.5. The van der Waals surface area contributed by atoms with Crippen LogP contribution in [-0.4, -0.2) is 24.4 Å². The van der Waals surface area contributed by atoms with Gasteiger partial charge in [-0.1, -0.05) is 0 Å². The van der Waals surface area contributed by atoms with Gasteiger partial charge in [-0.05, 0) is 41.9 Å². The van der Waals surface area contributed by atoms with Crippen molar-refractivity contribution in [3.05, 3.63) is 22.7 Å². The molecule has 0 heterocycles. The molecule has 3 nitrogen and oxygen atoms in total.